The van der Waals surface area contributed by atoms with E-state index in [1.165, 1.54) is 9.75 Å². The number of quaternary nitrogens is 1. The molecule has 6 nitrogen and oxygen atoms in total. The summed E-state index contributed by atoms with van der Waals surface area (Å²) in [6.07, 6.45) is 6.08. The molecule has 10 heteroatoms. The summed E-state index contributed by atoms with van der Waals surface area (Å²) < 4.78 is 21.0. The summed E-state index contributed by atoms with van der Waals surface area (Å²) in [5.74, 6) is -0.267. The van der Waals surface area contributed by atoms with Gasteiger partial charge in [-0.05, 0) is 72.4 Å². The van der Waals surface area contributed by atoms with Gasteiger partial charge in [0, 0.05) is 35.6 Å². The number of fused-ring (bicyclic) bond motifs is 5. The van der Waals surface area contributed by atoms with E-state index in [1.54, 1.807) is 22.7 Å². The standard InChI is InChI=1S/C34H48NO5S3Si/c1-33(2,3)44(5,6)40-34(28-13-9-19-41-28,29-14-10-20-42-29)32(37)38-23-21-26-30-31(39-30)27(22-23)35(26,4)17-7-11-24-15-16-25(43-24)12-8-18-36/h9-10,13-16,19-20,23,26-27,30-31,36H,7-8,11-12,17-18,21-22H2,1-6H3/q+1. The van der Waals surface area contributed by atoms with Crippen LogP contribution in [0, 0.1) is 0 Å². The third kappa shape index (κ3) is 5.94. The van der Waals surface area contributed by atoms with Gasteiger partial charge < -0.3 is 23.5 Å². The van der Waals surface area contributed by atoms with Crippen LogP contribution in [0.3, 0.4) is 0 Å². The molecule has 2 bridgehead atoms. The lowest BCUT2D eigenvalue weighted by Crippen LogP contribution is -2.63. The second-order valence-corrected chi connectivity index (χ2v) is 22.4. The Morgan fingerprint density at radius 2 is 1.55 bits per heavy atom. The molecule has 0 saturated carbocycles. The van der Waals surface area contributed by atoms with E-state index in [0.29, 0.717) is 12.1 Å². The summed E-state index contributed by atoms with van der Waals surface area (Å²) in [6, 6.07) is 13.2. The van der Waals surface area contributed by atoms with Crippen LogP contribution in [0.4, 0.5) is 0 Å². The molecule has 6 rings (SSSR count). The van der Waals surface area contributed by atoms with Crippen LogP contribution in [-0.2, 0) is 37.1 Å². The van der Waals surface area contributed by atoms with Crippen LogP contribution in [-0.4, -0.2) is 74.5 Å². The highest BCUT2D eigenvalue weighted by Gasteiger charge is 2.72. The molecular formula is C34H48NO5S3Si+. The number of hydrogen-bond acceptors (Lipinski definition) is 8. The molecular weight excluding hydrogens is 627 g/mol. The zero-order chi connectivity index (χ0) is 31.3. The van der Waals surface area contributed by atoms with Crippen molar-refractivity contribution in [1.82, 2.24) is 0 Å². The van der Waals surface area contributed by atoms with Crippen LogP contribution in [0.15, 0.2) is 47.2 Å². The van der Waals surface area contributed by atoms with E-state index in [4.69, 9.17) is 19.0 Å². The van der Waals surface area contributed by atoms with E-state index in [1.807, 2.05) is 46.4 Å². The van der Waals surface area contributed by atoms with Crippen LogP contribution < -0.4 is 0 Å². The first kappa shape index (κ1) is 32.6. The predicted octanol–water partition coefficient (Wildman–Crippen LogP) is 7.36. The van der Waals surface area contributed by atoms with Crippen LogP contribution in [0.1, 0.15) is 66.0 Å². The summed E-state index contributed by atoms with van der Waals surface area (Å²) in [4.78, 5) is 19.3. The molecule has 1 N–H and O–H groups in total. The van der Waals surface area contributed by atoms with Crippen LogP contribution in [0.2, 0.25) is 18.1 Å². The lowest BCUT2D eigenvalue weighted by Gasteiger charge is -2.49. The summed E-state index contributed by atoms with van der Waals surface area (Å²) in [7, 11) is 0.0168. The van der Waals surface area contributed by atoms with Gasteiger partial charge in [0.2, 0.25) is 5.60 Å². The molecule has 3 aliphatic rings. The molecule has 3 aliphatic heterocycles. The fraction of sp³-hybridized carbons (Fsp3) is 0.618. The van der Waals surface area contributed by atoms with E-state index in [9.17, 15) is 4.79 Å². The normalized spacial score (nSPS) is 28.2. The maximum Gasteiger partial charge on any atom is 0.348 e. The number of ether oxygens (including phenoxy) is 2. The Hall–Kier alpha value is -1.37. The van der Waals surface area contributed by atoms with Gasteiger partial charge in [-0.2, -0.15) is 0 Å². The molecule has 4 unspecified atom stereocenters. The monoisotopic (exact) mass is 674 g/mol. The van der Waals surface area contributed by atoms with Gasteiger partial charge in [0.1, 0.15) is 30.4 Å². The quantitative estimate of drug-likeness (QED) is 0.0888. The van der Waals surface area contributed by atoms with Crippen molar-refractivity contribution in [1.29, 1.82) is 0 Å². The summed E-state index contributed by atoms with van der Waals surface area (Å²) >= 11 is 5.03. The third-order valence-corrected chi connectivity index (χ3v) is 18.3. The number of thiophene rings is 3. The molecule has 0 aliphatic carbocycles. The van der Waals surface area contributed by atoms with Gasteiger partial charge in [-0.25, -0.2) is 4.79 Å². The molecule has 3 aromatic heterocycles. The van der Waals surface area contributed by atoms with Gasteiger partial charge in [0.15, 0.2) is 8.32 Å². The van der Waals surface area contributed by atoms with Crippen molar-refractivity contribution in [2.24, 2.45) is 0 Å². The van der Waals surface area contributed by atoms with Gasteiger partial charge in [0.25, 0.3) is 0 Å². The SMILES string of the molecule is CC(C)(C)[Si](C)(C)OC(C(=O)OC1CC2C3OC3C(C1)[N+]2(C)CCCc1ccc(CCCO)s1)(c1cccs1)c1cccs1. The molecule has 3 fully saturated rings. The zero-order valence-corrected chi connectivity index (χ0v) is 30.4. The number of carbonyl (C=O) groups excluding carboxylic acids is 1. The fourth-order valence-electron chi connectivity index (χ4n) is 7.22. The highest BCUT2D eigenvalue weighted by molar-refractivity contribution is 7.12. The number of esters is 1. The van der Waals surface area contributed by atoms with E-state index < -0.39 is 13.9 Å². The highest BCUT2D eigenvalue weighted by Crippen LogP contribution is 2.54. The summed E-state index contributed by atoms with van der Waals surface area (Å²) in [5, 5.41) is 13.1. The molecule has 3 aromatic rings. The minimum Gasteiger partial charge on any atom is -0.459 e. The Morgan fingerprint density at radius 3 is 2.05 bits per heavy atom. The smallest absolute Gasteiger partial charge is 0.348 e. The number of nitrogens with zero attached hydrogens (tertiary/aromatic N) is 1. The Morgan fingerprint density at radius 1 is 0.977 bits per heavy atom. The molecule has 0 spiro atoms. The minimum absolute atomic E-state index is 0.0704. The number of likely N-dealkylation sites (N-methyl/N-ethyl adjacent to an activating group) is 1. The van der Waals surface area contributed by atoms with Crippen molar-refractivity contribution in [3.63, 3.8) is 0 Å². The number of aliphatic hydroxyl groups excluding tert-OH is 1. The van der Waals surface area contributed by atoms with Gasteiger partial charge in [0.05, 0.1) is 23.3 Å². The number of hydrogen-bond donors (Lipinski definition) is 1. The second-order valence-electron chi connectivity index (χ2n) is 14.6. The molecule has 44 heavy (non-hydrogen) atoms. The van der Waals surface area contributed by atoms with Crippen LogP contribution >= 0.6 is 34.0 Å². The second kappa shape index (κ2) is 12.3. The van der Waals surface area contributed by atoms with E-state index >= 15 is 0 Å². The highest BCUT2D eigenvalue weighted by atomic mass is 32.1. The number of morpholine rings is 1. The molecule has 6 heterocycles. The lowest BCUT2D eigenvalue weighted by atomic mass is 9.94. The topological polar surface area (TPSA) is 68.3 Å². The van der Waals surface area contributed by atoms with E-state index in [2.05, 4.69) is 53.0 Å². The Kier molecular flexibility index (Phi) is 9.13. The van der Waals surface area contributed by atoms with Crippen LogP contribution in [0.25, 0.3) is 0 Å². The number of epoxide rings is 1. The average molecular weight is 675 g/mol. The molecule has 0 aromatic carbocycles. The number of rotatable bonds is 13. The minimum atomic E-state index is -2.39. The van der Waals surface area contributed by atoms with E-state index in [-0.39, 0.29) is 35.9 Å². The van der Waals surface area contributed by atoms with Crippen molar-refractivity contribution in [2.45, 2.75) is 113 Å². The number of carbonyl (C=O) groups is 1. The summed E-state index contributed by atoms with van der Waals surface area (Å²) in [6.45, 7) is 12.5. The van der Waals surface area contributed by atoms with Crippen LogP contribution in [0.5, 0.6) is 0 Å². The Labute approximate surface area is 275 Å². The van der Waals surface area contributed by atoms with Crippen molar-refractivity contribution in [3.8, 4) is 0 Å². The Balaban J connectivity index is 1.18. The molecule has 0 radical (unpaired) electrons. The molecule has 4 atom stereocenters. The molecule has 240 valence electrons. The van der Waals surface area contributed by atoms with Gasteiger partial charge >= 0.3 is 5.97 Å². The van der Waals surface area contributed by atoms with Gasteiger partial charge in [-0.3, -0.25) is 0 Å². The van der Waals surface area contributed by atoms with Crippen molar-refractivity contribution >= 4 is 48.3 Å². The lowest BCUT2D eigenvalue weighted by molar-refractivity contribution is -0.956. The zero-order valence-electron chi connectivity index (χ0n) is 26.9. The third-order valence-electron chi connectivity index (χ3n) is 10.7. The number of aliphatic hydroxyl groups is 1. The first-order chi connectivity index (χ1) is 20.9. The average Bonchev–Trinajstić information content (AvgIpc) is 3.42. The van der Waals surface area contributed by atoms with Crippen molar-refractivity contribution in [3.05, 3.63) is 66.7 Å². The molecule has 0 amide bonds. The van der Waals surface area contributed by atoms with Crippen molar-refractivity contribution < 1.29 is 28.3 Å². The van der Waals surface area contributed by atoms with Gasteiger partial charge in [-0.1, -0.05) is 32.9 Å². The molecule has 3 saturated heterocycles. The van der Waals surface area contributed by atoms with Gasteiger partial charge in [-0.15, -0.1) is 34.0 Å². The first-order valence-corrected chi connectivity index (χ1v) is 21.6. The largest absolute Gasteiger partial charge is 0.459 e. The number of piperidine rings is 1. The van der Waals surface area contributed by atoms with E-state index in [0.717, 1.165) is 59.3 Å². The first-order valence-electron chi connectivity index (χ1n) is 16.1. The predicted molar refractivity (Wildman–Crippen MR) is 182 cm³/mol. The maximum absolute atomic E-state index is 14.7. The maximum atomic E-state index is 14.7. The fourth-order valence-corrected chi connectivity index (χ4v) is 11.6. The number of aryl methyl sites for hydroxylation is 2. The summed E-state index contributed by atoms with van der Waals surface area (Å²) in [5.41, 5.74) is -1.25. The van der Waals surface area contributed by atoms with Crippen molar-refractivity contribution in [2.75, 3.05) is 20.2 Å². The Bertz CT molecular complexity index is 1360.